The van der Waals surface area contributed by atoms with E-state index in [1.807, 2.05) is 19.1 Å². The van der Waals surface area contributed by atoms with Crippen LogP contribution in [-0.2, 0) is 4.74 Å². The second-order valence-corrected chi connectivity index (χ2v) is 5.24. The molecule has 0 bridgehead atoms. The summed E-state index contributed by atoms with van der Waals surface area (Å²) in [6.45, 7) is 4.97. The van der Waals surface area contributed by atoms with Crippen LogP contribution in [0.2, 0.25) is 0 Å². The minimum absolute atomic E-state index is 0.281. The molecule has 1 aromatic carbocycles. The van der Waals surface area contributed by atoms with Crippen LogP contribution < -0.4 is 10.1 Å². The lowest BCUT2D eigenvalue weighted by Gasteiger charge is -2.21. The first-order valence-electron chi connectivity index (χ1n) is 6.92. The highest BCUT2D eigenvalue weighted by Gasteiger charge is 2.22. The van der Waals surface area contributed by atoms with Crippen LogP contribution in [0.4, 0.5) is 14.5 Å². The molecule has 1 aromatic rings. The van der Waals surface area contributed by atoms with E-state index in [2.05, 4.69) is 12.2 Å². The topological polar surface area (TPSA) is 30.5 Å². The van der Waals surface area contributed by atoms with Crippen LogP contribution in [0.1, 0.15) is 18.9 Å². The molecule has 1 aliphatic heterocycles. The summed E-state index contributed by atoms with van der Waals surface area (Å²) in [4.78, 5) is 0. The molecule has 2 atom stereocenters. The van der Waals surface area contributed by atoms with Crippen LogP contribution in [0.5, 0.6) is 5.75 Å². The maximum absolute atomic E-state index is 12.2. The zero-order valence-corrected chi connectivity index (χ0v) is 11.9. The maximum atomic E-state index is 12.2. The number of hydrogen-bond acceptors (Lipinski definition) is 3. The summed E-state index contributed by atoms with van der Waals surface area (Å²) < 4.78 is 34.9. The highest BCUT2D eigenvalue weighted by Crippen LogP contribution is 2.26. The fourth-order valence-electron chi connectivity index (χ4n) is 2.33. The van der Waals surface area contributed by atoms with Crippen molar-refractivity contribution in [3.63, 3.8) is 0 Å². The molecule has 0 spiro atoms. The number of alkyl halides is 2. The number of anilines is 1. The van der Waals surface area contributed by atoms with Crippen molar-refractivity contribution < 1.29 is 18.3 Å². The van der Waals surface area contributed by atoms with Gasteiger partial charge in [0.25, 0.3) is 6.43 Å². The zero-order chi connectivity index (χ0) is 14.5. The molecule has 20 heavy (non-hydrogen) atoms. The Morgan fingerprint density at radius 2 is 2.25 bits per heavy atom. The number of aryl methyl sites for hydroxylation is 1. The highest BCUT2D eigenvalue weighted by atomic mass is 19.3. The summed E-state index contributed by atoms with van der Waals surface area (Å²) in [6, 6.07) is 5.88. The van der Waals surface area contributed by atoms with Gasteiger partial charge in [0.05, 0.1) is 6.61 Å². The second kappa shape index (κ2) is 6.88. The predicted molar refractivity (Wildman–Crippen MR) is 74.7 cm³/mol. The molecule has 1 fully saturated rings. The van der Waals surface area contributed by atoms with Crippen LogP contribution in [0.15, 0.2) is 18.2 Å². The van der Waals surface area contributed by atoms with Gasteiger partial charge in [0.15, 0.2) is 0 Å². The van der Waals surface area contributed by atoms with E-state index in [1.165, 1.54) is 0 Å². The fraction of sp³-hybridized carbons (Fsp3) is 0.600. The first kappa shape index (κ1) is 15.0. The average Bonchev–Trinajstić information content (AvgIpc) is 2.93. The van der Waals surface area contributed by atoms with Crippen molar-refractivity contribution in [3.05, 3.63) is 23.8 Å². The van der Waals surface area contributed by atoms with E-state index in [0.717, 1.165) is 30.9 Å². The van der Waals surface area contributed by atoms with Gasteiger partial charge in [-0.25, -0.2) is 8.78 Å². The monoisotopic (exact) mass is 285 g/mol. The Bertz CT molecular complexity index is 434. The van der Waals surface area contributed by atoms with E-state index in [0.29, 0.717) is 11.7 Å². The molecule has 0 radical (unpaired) electrons. The third-order valence-corrected chi connectivity index (χ3v) is 3.62. The van der Waals surface area contributed by atoms with Crippen molar-refractivity contribution in [1.82, 2.24) is 0 Å². The molecule has 0 aliphatic carbocycles. The van der Waals surface area contributed by atoms with E-state index >= 15 is 0 Å². The van der Waals surface area contributed by atoms with Crippen molar-refractivity contribution in [2.45, 2.75) is 32.7 Å². The lowest BCUT2D eigenvalue weighted by Crippen LogP contribution is -2.26. The first-order valence-corrected chi connectivity index (χ1v) is 6.92. The normalized spacial score (nSPS) is 20.1. The van der Waals surface area contributed by atoms with E-state index < -0.39 is 13.0 Å². The smallest absolute Gasteiger partial charge is 0.272 e. The largest absolute Gasteiger partial charge is 0.487 e. The van der Waals surface area contributed by atoms with Gasteiger partial charge in [-0.15, -0.1) is 0 Å². The molecule has 1 saturated heterocycles. The zero-order valence-electron chi connectivity index (χ0n) is 11.9. The number of benzene rings is 1. The molecule has 1 heterocycles. The van der Waals surface area contributed by atoms with Gasteiger partial charge in [-0.05, 0) is 31.9 Å². The molecule has 2 rings (SSSR count). The van der Waals surface area contributed by atoms with Crippen molar-refractivity contribution in [1.29, 1.82) is 0 Å². The molecular weight excluding hydrogens is 264 g/mol. The Morgan fingerprint density at radius 1 is 1.45 bits per heavy atom. The van der Waals surface area contributed by atoms with Gasteiger partial charge in [-0.3, -0.25) is 0 Å². The molecule has 3 nitrogen and oxygen atoms in total. The maximum Gasteiger partial charge on any atom is 0.272 e. The average molecular weight is 285 g/mol. The number of ether oxygens (including phenoxy) is 2. The van der Waals surface area contributed by atoms with Gasteiger partial charge in [-0.2, -0.15) is 0 Å². The number of nitrogens with one attached hydrogen (secondary N) is 1. The SMILES string of the molecule is Cc1ccc(N[C@H](C)[C@H]2CCOC2)cc1OCC(F)F. The van der Waals surface area contributed by atoms with Crippen LogP contribution in [0.25, 0.3) is 0 Å². The summed E-state index contributed by atoms with van der Waals surface area (Å²) in [5, 5.41) is 3.39. The van der Waals surface area contributed by atoms with Crippen LogP contribution in [0, 0.1) is 12.8 Å². The lowest BCUT2D eigenvalue weighted by molar-refractivity contribution is 0.0816. The fourth-order valence-corrected chi connectivity index (χ4v) is 2.33. The lowest BCUT2D eigenvalue weighted by atomic mass is 10.0. The molecule has 1 N–H and O–H groups in total. The third-order valence-electron chi connectivity index (χ3n) is 3.62. The molecule has 0 saturated carbocycles. The minimum Gasteiger partial charge on any atom is -0.487 e. The van der Waals surface area contributed by atoms with E-state index in [1.54, 1.807) is 6.07 Å². The highest BCUT2D eigenvalue weighted by molar-refractivity contribution is 5.52. The number of halogens is 2. The van der Waals surface area contributed by atoms with Gasteiger partial charge in [0.1, 0.15) is 12.4 Å². The minimum atomic E-state index is -2.46. The van der Waals surface area contributed by atoms with Crippen LogP contribution in [0.3, 0.4) is 0 Å². The molecule has 5 heteroatoms. The Labute approximate surface area is 118 Å². The van der Waals surface area contributed by atoms with Crippen LogP contribution >= 0.6 is 0 Å². The number of hydrogen-bond donors (Lipinski definition) is 1. The summed E-state index contributed by atoms with van der Waals surface area (Å²) >= 11 is 0. The molecular formula is C15H21F2NO2. The third kappa shape index (κ3) is 4.07. The van der Waals surface area contributed by atoms with Gasteiger partial charge in [-0.1, -0.05) is 6.07 Å². The summed E-state index contributed by atoms with van der Waals surface area (Å²) in [7, 11) is 0. The Morgan fingerprint density at radius 3 is 2.90 bits per heavy atom. The predicted octanol–water partition coefficient (Wildman–Crippen LogP) is 3.48. The molecule has 1 aliphatic rings. The molecule has 112 valence electrons. The van der Waals surface area contributed by atoms with Crippen molar-refractivity contribution >= 4 is 5.69 Å². The quantitative estimate of drug-likeness (QED) is 0.868. The summed E-state index contributed by atoms with van der Waals surface area (Å²) in [5.74, 6) is 0.993. The van der Waals surface area contributed by atoms with Crippen LogP contribution in [-0.4, -0.2) is 32.3 Å². The summed E-state index contributed by atoms with van der Waals surface area (Å²) in [6.07, 6.45) is -1.41. The Hall–Kier alpha value is -1.36. The second-order valence-electron chi connectivity index (χ2n) is 5.24. The Balaban J connectivity index is 1.98. The first-order chi connectivity index (χ1) is 9.56. The molecule has 0 amide bonds. The number of rotatable bonds is 6. The van der Waals surface area contributed by atoms with E-state index in [9.17, 15) is 8.78 Å². The van der Waals surface area contributed by atoms with Crippen molar-refractivity contribution in [3.8, 4) is 5.75 Å². The molecule has 0 aromatic heterocycles. The van der Waals surface area contributed by atoms with Gasteiger partial charge in [0.2, 0.25) is 0 Å². The van der Waals surface area contributed by atoms with E-state index in [4.69, 9.17) is 9.47 Å². The van der Waals surface area contributed by atoms with Gasteiger partial charge < -0.3 is 14.8 Å². The summed E-state index contributed by atoms with van der Waals surface area (Å²) in [5.41, 5.74) is 1.74. The molecule has 0 unspecified atom stereocenters. The van der Waals surface area contributed by atoms with Gasteiger partial charge >= 0.3 is 0 Å². The standard InChI is InChI=1S/C15H21F2NO2/c1-10-3-4-13(7-14(10)20-9-15(16)17)18-11(2)12-5-6-19-8-12/h3-4,7,11-12,15,18H,5-6,8-9H2,1-2H3/t11-,12+/m1/s1. The van der Waals surface area contributed by atoms with Gasteiger partial charge in [0, 0.05) is 30.3 Å². The van der Waals surface area contributed by atoms with Crippen molar-refractivity contribution in [2.24, 2.45) is 5.92 Å². The van der Waals surface area contributed by atoms with E-state index in [-0.39, 0.29) is 6.04 Å². The Kier molecular flexibility index (Phi) is 5.17. The van der Waals surface area contributed by atoms with Crippen molar-refractivity contribution in [2.75, 3.05) is 25.1 Å².